The third-order valence-corrected chi connectivity index (χ3v) is 12.0. The van der Waals surface area contributed by atoms with E-state index in [0.29, 0.717) is 69.8 Å². The maximum Gasteiger partial charge on any atom is 0.299 e. The predicted octanol–water partition coefficient (Wildman–Crippen LogP) is 8.13. The van der Waals surface area contributed by atoms with E-state index in [1.165, 1.54) is 0 Å². The number of pyridine rings is 1. The molecule has 2 unspecified atom stereocenters. The molecular formula is C41H43Cl2N5O6. The molecular weight excluding hydrogens is 729 g/mol. The Morgan fingerprint density at radius 3 is 2.26 bits per heavy atom. The van der Waals surface area contributed by atoms with Crippen LogP contribution in [0.3, 0.4) is 0 Å². The monoisotopic (exact) mass is 771 g/mol. The van der Waals surface area contributed by atoms with Crippen molar-refractivity contribution in [1.29, 1.82) is 0 Å². The second-order valence-electron chi connectivity index (χ2n) is 14.4. The first-order valence-corrected chi connectivity index (χ1v) is 18.9. The molecule has 3 aromatic carbocycles. The van der Waals surface area contributed by atoms with Crippen LogP contribution in [0.2, 0.25) is 10.0 Å². The van der Waals surface area contributed by atoms with Crippen molar-refractivity contribution >= 4 is 51.9 Å². The Labute approximate surface area is 324 Å². The second kappa shape index (κ2) is 14.4. The number of halogens is 2. The maximum atomic E-state index is 14.1. The smallest absolute Gasteiger partial charge is 0.299 e. The number of hydrogen-bond donors (Lipinski definition) is 0. The van der Waals surface area contributed by atoms with Gasteiger partial charge in [0.1, 0.15) is 34.2 Å². The molecule has 54 heavy (non-hydrogen) atoms. The number of benzene rings is 3. The summed E-state index contributed by atoms with van der Waals surface area (Å²) in [5, 5.41) is 1.25. The average Bonchev–Trinajstić information content (AvgIpc) is 3.46. The van der Waals surface area contributed by atoms with Crippen LogP contribution in [0.15, 0.2) is 65.3 Å². The molecule has 1 amide bonds. The molecule has 3 aliphatic rings. The van der Waals surface area contributed by atoms with Gasteiger partial charge in [0.05, 0.1) is 60.0 Å². The highest BCUT2D eigenvalue weighted by Crippen LogP contribution is 2.60. The number of aromatic nitrogens is 2. The molecule has 0 N–H and O–H groups in total. The molecule has 11 nitrogen and oxygen atoms in total. The van der Waals surface area contributed by atoms with Gasteiger partial charge in [0, 0.05) is 64.3 Å². The largest absolute Gasteiger partial charge is 0.497 e. The van der Waals surface area contributed by atoms with Crippen LogP contribution < -0.4 is 28.7 Å². The number of fused-ring (bicyclic) bond motifs is 2. The molecule has 1 saturated carbocycles. The Bertz CT molecular complexity index is 2170. The fourth-order valence-corrected chi connectivity index (χ4v) is 9.10. The zero-order valence-electron chi connectivity index (χ0n) is 31.0. The summed E-state index contributed by atoms with van der Waals surface area (Å²) in [5.41, 5.74) is 6.07. The molecule has 3 atom stereocenters. The number of hydrogen-bond acceptors (Lipinski definition) is 10. The van der Waals surface area contributed by atoms with E-state index in [1.807, 2.05) is 53.6 Å². The van der Waals surface area contributed by atoms with Crippen LogP contribution >= 0.6 is 23.2 Å². The summed E-state index contributed by atoms with van der Waals surface area (Å²) in [6.07, 6.45) is 6.09. The molecule has 1 saturated heterocycles. The summed E-state index contributed by atoms with van der Waals surface area (Å²) in [6, 6.07) is 15.6. The topological polar surface area (TPSA) is 103 Å². The van der Waals surface area contributed by atoms with Crippen LogP contribution in [0, 0.1) is 11.3 Å². The van der Waals surface area contributed by atoms with Crippen LogP contribution in [0.1, 0.15) is 48.1 Å². The Hall–Kier alpha value is -4.87. The van der Waals surface area contributed by atoms with Crippen molar-refractivity contribution in [2.45, 2.75) is 45.3 Å². The van der Waals surface area contributed by atoms with E-state index in [1.54, 1.807) is 40.7 Å². The number of carbonyl (C=O) groups is 1. The number of carbonyl (C=O) groups excluding carboxylic acids is 1. The first-order chi connectivity index (χ1) is 26.1. The number of rotatable bonds is 11. The van der Waals surface area contributed by atoms with Gasteiger partial charge in [-0.05, 0) is 73.7 Å². The minimum Gasteiger partial charge on any atom is -0.497 e. The molecule has 4 heterocycles. The number of anilines is 2. The standard InChI is InChI=1S/C41H43Cl2N5O6/c1-24-37-25(14-28(42)15-32(37)43)10-12-48(24)39(49)31-18-41(31)11-13-46(23-41)34-20-44-19-33-38(34)54-40(45-33)47(21-26-6-8-29(50-2)16-35(26)52-4)22-27-7-9-30(51-3)17-36(27)53-5/h6-9,14-17,19-20,24,31H,10-13,18,21-23H2,1-5H3/t24-,31?,41?/m0/s1. The number of amides is 1. The Kier molecular flexibility index (Phi) is 9.64. The van der Waals surface area contributed by atoms with Gasteiger partial charge in [0.2, 0.25) is 5.91 Å². The molecule has 2 aromatic heterocycles. The van der Waals surface area contributed by atoms with Crippen molar-refractivity contribution < 1.29 is 28.2 Å². The number of methoxy groups -OCH3 is 4. The zero-order valence-corrected chi connectivity index (χ0v) is 32.5. The molecule has 0 radical (unpaired) electrons. The van der Waals surface area contributed by atoms with E-state index in [0.717, 1.165) is 60.3 Å². The van der Waals surface area contributed by atoms with Crippen molar-refractivity contribution in [3.63, 3.8) is 0 Å². The van der Waals surface area contributed by atoms with Crippen molar-refractivity contribution in [1.82, 2.24) is 14.9 Å². The van der Waals surface area contributed by atoms with Crippen LogP contribution in [0.4, 0.5) is 11.7 Å². The van der Waals surface area contributed by atoms with Gasteiger partial charge in [-0.25, -0.2) is 0 Å². The van der Waals surface area contributed by atoms with Gasteiger partial charge >= 0.3 is 0 Å². The number of ether oxygens (including phenoxy) is 4. The van der Waals surface area contributed by atoms with E-state index < -0.39 is 0 Å². The number of oxazole rings is 1. The minimum absolute atomic E-state index is 0.0375. The summed E-state index contributed by atoms with van der Waals surface area (Å²) < 4.78 is 29.1. The quantitative estimate of drug-likeness (QED) is 0.131. The average molecular weight is 773 g/mol. The fraction of sp³-hybridized carbons (Fsp3) is 0.390. The lowest BCUT2D eigenvalue weighted by atomic mass is 9.92. The first-order valence-electron chi connectivity index (χ1n) is 18.1. The second-order valence-corrected chi connectivity index (χ2v) is 15.3. The molecule has 0 bridgehead atoms. The molecule has 13 heteroatoms. The van der Waals surface area contributed by atoms with Gasteiger partial charge in [0.15, 0.2) is 5.58 Å². The first kappa shape index (κ1) is 36.1. The van der Waals surface area contributed by atoms with Gasteiger partial charge in [-0.3, -0.25) is 9.78 Å². The van der Waals surface area contributed by atoms with E-state index in [4.69, 9.17) is 51.6 Å². The third kappa shape index (κ3) is 6.51. The van der Waals surface area contributed by atoms with E-state index in [2.05, 4.69) is 21.7 Å². The van der Waals surface area contributed by atoms with Crippen LogP contribution in [-0.2, 0) is 24.3 Å². The highest BCUT2D eigenvalue weighted by Gasteiger charge is 2.62. The van der Waals surface area contributed by atoms with Crippen molar-refractivity contribution in [3.05, 3.63) is 93.2 Å². The van der Waals surface area contributed by atoms with E-state index in [-0.39, 0.29) is 23.3 Å². The molecule has 1 aliphatic carbocycles. The van der Waals surface area contributed by atoms with Crippen molar-refractivity contribution in [2.75, 3.05) is 57.9 Å². The SMILES string of the molecule is COc1ccc(CN(Cc2ccc(OC)cc2OC)c2nc3cncc(N4CCC5(CC5C(=O)N5CCc6cc(Cl)cc(Cl)c6[C@@H]5C)C4)c3o2)c(OC)c1. The maximum absolute atomic E-state index is 14.1. The summed E-state index contributed by atoms with van der Waals surface area (Å²) in [4.78, 5) is 30.0. The van der Waals surface area contributed by atoms with Gasteiger partial charge in [-0.1, -0.05) is 23.2 Å². The van der Waals surface area contributed by atoms with E-state index in [9.17, 15) is 4.79 Å². The Balaban J connectivity index is 1.06. The molecule has 8 rings (SSSR count). The van der Waals surface area contributed by atoms with Crippen LogP contribution in [0.5, 0.6) is 23.0 Å². The molecule has 2 aliphatic heterocycles. The van der Waals surface area contributed by atoms with Gasteiger partial charge in [-0.15, -0.1) is 0 Å². The summed E-state index contributed by atoms with van der Waals surface area (Å²) >= 11 is 12.9. The van der Waals surface area contributed by atoms with E-state index >= 15 is 0 Å². The highest BCUT2D eigenvalue weighted by molar-refractivity contribution is 6.35. The molecule has 2 fully saturated rings. The highest BCUT2D eigenvalue weighted by atomic mass is 35.5. The van der Waals surface area contributed by atoms with Crippen molar-refractivity contribution in [2.24, 2.45) is 11.3 Å². The lowest BCUT2D eigenvalue weighted by Crippen LogP contribution is -2.41. The normalized spacial score (nSPS) is 20.3. The van der Waals surface area contributed by atoms with Crippen molar-refractivity contribution in [3.8, 4) is 23.0 Å². The Morgan fingerprint density at radius 2 is 1.61 bits per heavy atom. The minimum atomic E-state index is -0.106. The van der Waals surface area contributed by atoms with Gasteiger partial charge in [-0.2, -0.15) is 4.98 Å². The lowest BCUT2D eigenvalue weighted by Gasteiger charge is -2.36. The summed E-state index contributed by atoms with van der Waals surface area (Å²) in [5.74, 6) is 2.94. The third-order valence-electron chi connectivity index (χ3n) is 11.4. The lowest BCUT2D eigenvalue weighted by molar-refractivity contribution is -0.136. The van der Waals surface area contributed by atoms with Crippen LogP contribution in [-0.4, -0.2) is 68.8 Å². The molecule has 1 spiro atoms. The zero-order chi connectivity index (χ0) is 37.7. The van der Waals surface area contributed by atoms with Gasteiger partial charge < -0.3 is 38.1 Å². The molecule has 282 valence electrons. The predicted molar refractivity (Wildman–Crippen MR) is 208 cm³/mol. The fourth-order valence-electron chi connectivity index (χ4n) is 8.41. The number of nitrogens with zero attached hydrogens (tertiary/aromatic N) is 5. The van der Waals surface area contributed by atoms with Crippen LogP contribution in [0.25, 0.3) is 11.1 Å². The Morgan fingerprint density at radius 1 is 0.926 bits per heavy atom. The molecule has 5 aromatic rings. The summed E-state index contributed by atoms with van der Waals surface area (Å²) in [7, 11) is 6.55. The van der Waals surface area contributed by atoms with Gasteiger partial charge in [0.25, 0.3) is 6.01 Å². The summed E-state index contributed by atoms with van der Waals surface area (Å²) in [6.45, 7) is 5.10.